The van der Waals surface area contributed by atoms with Crippen LogP contribution in [0.4, 0.5) is 15.9 Å². The van der Waals surface area contributed by atoms with Crippen molar-refractivity contribution < 1.29 is 9.18 Å². The number of benzene rings is 3. The first-order valence-electron chi connectivity index (χ1n) is 9.72. The molecule has 0 unspecified atom stereocenters. The zero-order chi connectivity index (χ0) is 21.5. The number of nitrogen functional groups attached to an aromatic ring is 1. The molecule has 3 N–H and O–H groups in total. The van der Waals surface area contributed by atoms with Crippen molar-refractivity contribution in [1.82, 2.24) is 14.5 Å². The van der Waals surface area contributed by atoms with Crippen LogP contribution in [0, 0.1) is 12.7 Å². The summed E-state index contributed by atoms with van der Waals surface area (Å²) in [6, 6.07) is 20.9. The summed E-state index contributed by atoms with van der Waals surface area (Å²) in [5, 5.41) is 2.71. The number of anilines is 2. The molecule has 0 aliphatic carbocycles. The molecular formula is C24H18FN5O. The van der Waals surface area contributed by atoms with Crippen molar-refractivity contribution >= 4 is 39.6 Å². The molecule has 0 saturated carbocycles. The maximum Gasteiger partial charge on any atom is 0.261 e. The van der Waals surface area contributed by atoms with Gasteiger partial charge in [0.1, 0.15) is 22.7 Å². The quantitative estimate of drug-likeness (QED) is 0.444. The number of hydrogen-bond acceptors (Lipinski definition) is 4. The predicted molar refractivity (Wildman–Crippen MR) is 120 cm³/mol. The van der Waals surface area contributed by atoms with Crippen molar-refractivity contribution in [3.63, 3.8) is 0 Å². The summed E-state index contributed by atoms with van der Waals surface area (Å²) < 4.78 is 15.3. The van der Waals surface area contributed by atoms with Crippen LogP contribution in [0.3, 0.4) is 0 Å². The lowest BCUT2D eigenvalue weighted by atomic mass is 10.2. The van der Waals surface area contributed by atoms with Gasteiger partial charge in [-0.3, -0.25) is 9.36 Å². The fourth-order valence-corrected chi connectivity index (χ4v) is 3.60. The molecule has 0 aliphatic rings. The summed E-state index contributed by atoms with van der Waals surface area (Å²) >= 11 is 0. The van der Waals surface area contributed by atoms with Crippen molar-refractivity contribution in [2.75, 3.05) is 11.1 Å². The largest absolute Gasteiger partial charge is 0.384 e. The van der Waals surface area contributed by atoms with Crippen molar-refractivity contribution in [3.05, 3.63) is 89.7 Å². The third-order valence-electron chi connectivity index (χ3n) is 5.10. The second kappa shape index (κ2) is 7.21. The van der Waals surface area contributed by atoms with Gasteiger partial charge in [0.15, 0.2) is 5.65 Å². The monoisotopic (exact) mass is 411 g/mol. The number of carbonyl (C=O) groups excluding carboxylic acids is 1. The lowest BCUT2D eigenvalue weighted by molar-refractivity contribution is 0.102. The molecule has 6 nitrogen and oxygen atoms in total. The van der Waals surface area contributed by atoms with Crippen LogP contribution < -0.4 is 11.1 Å². The molecular weight excluding hydrogens is 393 g/mol. The van der Waals surface area contributed by atoms with Crippen molar-refractivity contribution in [1.29, 1.82) is 0 Å². The van der Waals surface area contributed by atoms with Crippen LogP contribution in [-0.4, -0.2) is 20.4 Å². The van der Waals surface area contributed by atoms with E-state index in [0.29, 0.717) is 27.9 Å². The molecule has 0 atom stereocenters. The van der Waals surface area contributed by atoms with E-state index in [0.717, 1.165) is 11.3 Å². The van der Waals surface area contributed by atoms with Gasteiger partial charge in [-0.25, -0.2) is 14.4 Å². The van der Waals surface area contributed by atoms with Gasteiger partial charge in [-0.1, -0.05) is 35.9 Å². The number of nitrogens with two attached hydrogens (primary N) is 1. The minimum atomic E-state index is -0.483. The maximum absolute atomic E-state index is 13.6. The first kappa shape index (κ1) is 18.7. The Morgan fingerprint density at radius 2 is 1.68 bits per heavy atom. The maximum atomic E-state index is 13.6. The first-order chi connectivity index (χ1) is 15.0. The average Bonchev–Trinajstić information content (AvgIpc) is 3.03. The minimum absolute atomic E-state index is 0.193. The van der Waals surface area contributed by atoms with E-state index in [1.807, 2.05) is 55.5 Å². The van der Waals surface area contributed by atoms with Gasteiger partial charge in [-0.05, 0) is 49.4 Å². The highest BCUT2D eigenvalue weighted by Gasteiger charge is 2.25. The van der Waals surface area contributed by atoms with E-state index in [1.165, 1.54) is 18.2 Å². The Morgan fingerprint density at radius 3 is 2.39 bits per heavy atom. The molecule has 1 amide bonds. The number of nitrogens with one attached hydrogen (secondary N) is 1. The fourth-order valence-electron chi connectivity index (χ4n) is 3.60. The molecule has 0 radical (unpaired) electrons. The fraction of sp³-hybridized carbons (Fsp3) is 0.0417. The summed E-state index contributed by atoms with van der Waals surface area (Å²) in [5.74, 6) is -0.717. The van der Waals surface area contributed by atoms with E-state index in [9.17, 15) is 9.18 Å². The number of fused-ring (bicyclic) bond motifs is 2. The van der Waals surface area contributed by atoms with Crippen molar-refractivity contribution in [3.8, 4) is 5.69 Å². The van der Waals surface area contributed by atoms with E-state index in [1.54, 1.807) is 10.6 Å². The van der Waals surface area contributed by atoms with Gasteiger partial charge in [0, 0.05) is 11.4 Å². The average molecular weight is 411 g/mol. The molecule has 3 aromatic carbocycles. The number of aromatic nitrogens is 3. The molecule has 0 fully saturated rings. The standard InChI is InChI=1S/C24H18FN5O/c1-14-9-11-17(12-10-14)30-22(26)20(24(31)27-16-6-4-5-15(25)13-16)21-23(30)29-19-8-3-2-7-18(19)28-21/h2-13H,26H2,1H3,(H,27,31). The van der Waals surface area contributed by atoms with Crippen molar-refractivity contribution in [2.24, 2.45) is 0 Å². The topological polar surface area (TPSA) is 85.8 Å². The second-order valence-electron chi connectivity index (χ2n) is 7.28. The summed E-state index contributed by atoms with van der Waals surface area (Å²) in [6.07, 6.45) is 0. The molecule has 7 heteroatoms. The Bertz CT molecular complexity index is 1460. The normalized spacial score (nSPS) is 11.2. The number of hydrogen-bond donors (Lipinski definition) is 2. The molecule has 2 aromatic heterocycles. The smallest absolute Gasteiger partial charge is 0.261 e. The van der Waals surface area contributed by atoms with Gasteiger partial charge < -0.3 is 11.1 Å². The predicted octanol–water partition coefficient (Wildman–Crippen LogP) is 4.86. The van der Waals surface area contributed by atoms with Gasteiger partial charge in [0.2, 0.25) is 0 Å². The van der Waals surface area contributed by atoms with Gasteiger partial charge in [-0.2, -0.15) is 0 Å². The molecule has 0 aliphatic heterocycles. The minimum Gasteiger partial charge on any atom is -0.384 e. The van der Waals surface area contributed by atoms with E-state index in [2.05, 4.69) is 10.3 Å². The molecule has 0 spiro atoms. The number of para-hydroxylation sites is 2. The molecule has 5 rings (SSSR count). The molecule has 5 aromatic rings. The van der Waals surface area contributed by atoms with E-state index in [-0.39, 0.29) is 11.4 Å². The van der Waals surface area contributed by atoms with Gasteiger partial charge in [0.05, 0.1) is 11.0 Å². The second-order valence-corrected chi connectivity index (χ2v) is 7.28. The Balaban J connectivity index is 1.75. The highest BCUT2D eigenvalue weighted by atomic mass is 19.1. The Kier molecular flexibility index (Phi) is 4.36. The SMILES string of the molecule is Cc1ccc(-n2c(N)c(C(=O)Nc3cccc(F)c3)c3nc4ccccc4nc32)cc1. The Hall–Kier alpha value is -4.26. The van der Waals surface area contributed by atoms with E-state index >= 15 is 0 Å². The van der Waals surface area contributed by atoms with Crippen LogP contribution in [0.1, 0.15) is 15.9 Å². The summed E-state index contributed by atoms with van der Waals surface area (Å²) in [4.78, 5) is 22.6. The molecule has 152 valence electrons. The highest BCUT2D eigenvalue weighted by Crippen LogP contribution is 2.31. The number of nitrogens with zero attached hydrogens (tertiary/aromatic N) is 3. The van der Waals surface area contributed by atoms with Crippen molar-refractivity contribution in [2.45, 2.75) is 6.92 Å². The van der Waals surface area contributed by atoms with E-state index in [4.69, 9.17) is 10.7 Å². The lowest BCUT2D eigenvalue weighted by Crippen LogP contribution is -2.14. The lowest BCUT2D eigenvalue weighted by Gasteiger charge is -2.09. The summed E-state index contributed by atoms with van der Waals surface area (Å²) in [7, 11) is 0. The molecule has 0 bridgehead atoms. The van der Waals surface area contributed by atoms with Crippen LogP contribution in [0.25, 0.3) is 27.9 Å². The molecule has 0 saturated heterocycles. The zero-order valence-electron chi connectivity index (χ0n) is 16.6. The Labute approximate surface area is 177 Å². The van der Waals surface area contributed by atoms with E-state index < -0.39 is 11.7 Å². The Morgan fingerprint density at radius 1 is 0.968 bits per heavy atom. The van der Waals surface area contributed by atoms with Crippen LogP contribution in [-0.2, 0) is 0 Å². The zero-order valence-corrected chi connectivity index (χ0v) is 16.6. The first-order valence-corrected chi connectivity index (χ1v) is 9.72. The van der Waals surface area contributed by atoms with Crippen LogP contribution in [0.2, 0.25) is 0 Å². The van der Waals surface area contributed by atoms with Gasteiger partial charge in [-0.15, -0.1) is 0 Å². The third-order valence-corrected chi connectivity index (χ3v) is 5.10. The number of aryl methyl sites for hydroxylation is 1. The van der Waals surface area contributed by atoms with Crippen LogP contribution >= 0.6 is 0 Å². The molecule has 2 heterocycles. The number of amides is 1. The third kappa shape index (κ3) is 3.26. The summed E-state index contributed by atoms with van der Waals surface area (Å²) in [6.45, 7) is 1.99. The number of halogens is 1. The summed E-state index contributed by atoms with van der Waals surface area (Å²) in [5.41, 5.74) is 11.1. The van der Waals surface area contributed by atoms with Crippen LogP contribution in [0.15, 0.2) is 72.8 Å². The van der Waals surface area contributed by atoms with Crippen LogP contribution in [0.5, 0.6) is 0 Å². The number of rotatable bonds is 3. The van der Waals surface area contributed by atoms with Gasteiger partial charge >= 0.3 is 0 Å². The molecule has 31 heavy (non-hydrogen) atoms. The highest BCUT2D eigenvalue weighted by molar-refractivity contribution is 6.16. The number of carbonyl (C=O) groups is 1. The van der Waals surface area contributed by atoms with Gasteiger partial charge in [0.25, 0.3) is 5.91 Å².